The van der Waals surface area contributed by atoms with Crippen molar-refractivity contribution in [1.29, 1.82) is 0 Å². The lowest BCUT2D eigenvalue weighted by atomic mass is 10.0. The molecular formula is C88H80N8O3S12. The molecule has 17 aromatic rings. The summed E-state index contributed by atoms with van der Waals surface area (Å²) in [7, 11) is -3.52. The van der Waals surface area contributed by atoms with E-state index in [-0.39, 0.29) is 10.5 Å². The molecule has 23 heteroatoms. The molecule has 562 valence electrons. The Morgan fingerprint density at radius 1 is 0.333 bits per heavy atom. The number of nitrogens with two attached hydrogens (primary N) is 4. The SMILES string of the molecule is C=S(C)c1sc2nc(-c3cccs3)cc(-c3ccccc3)c2c1N.CCCCCCS(=O)c1sc2nc(-c3cccs3)cc(-c3ccccc3)c2c1N.CCCCCS(=O)c1sc2nc(-c3cccs3)cc(-c3ccccc3)c2c1N.Nc1c(S(=O)Cc2ccccc2)sc2nc(-c3cccs3)cc(-c3ccccc3)c12. The second kappa shape index (κ2) is 37.2. The first kappa shape index (κ1) is 78.9. The van der Waals surface area contributed by atoms with Gasteiger partial charge >= 0.3 is 0 Å². The standard InChI is InChI=1S/C24H18N2OS3.C23H24N2OS3.C22H22N2OS3.C19H16N2S3/c25-22-21-18(17-10-5-2-6-11-17)14-19(20-12-7-13-28-20)26-23(21)29-24(22)30(27)15-16-8-3-1-4-9-16;1-2-3-4-8-14-29(26)23-21(24)20-17(16-10-6-5-7-11-16)15-18(25-22(20)28-23)19-12-9-13-27-19;1-2-3-7-13-28(25)22-20(23)19-16(15-9-5-4-6-10-15)14-17(24-21(19)27-22)18-11-8-12-26-18;1-24(2)19-17(20)16-13(12-7-4-3-5-8-12)11-14(21-18(16)23-19)15-9-6-10-22-15/h1-14H,15,25H2;5-7,9-13,15H,2-4,8,14,24H2,1H3;4-6,8-12,14H,2-3,7,13,23H2,1H3;3-11H,1,20H2,2H3. The van der Waals surface area contributed by atoms with Gasteiger partial charge in [-0.3, -0.25) is 12.6 Å². The molecule has 111 heavy (non-hydrogen) atoms. The maximum Gasteiger partial charge on any atom is 0.127 e. The van der Waals surface area contributed by atoms with Crippen molar-refractivity contribution in [3.8, 4) is 86.8 Å². The van der Waals surface area contributed by atoms with Crippen LogP contribution in [0.3, 0.4) is 0 Å². The minimum Gasteiger partial charge on any atom is -0.397 e. The van der Waals surface area contributed by atoms with Crippen LogP contribution in [-0.4, -0.2) is 56.2 Å². The molecule has 5 aromatic carbocycles. The quantitative estimate of drug-likeness (QED) is 0.0350. The third kappa shape index (κ3) is 18.2. The number of rotatable bonds is 23. The smallest absolute Gasteiger partial charge is 0.127 e. The van der Waals surface area contributed by atoms with E-state index < -0.39 is 32.4 Å². The molecule has 0 amide bonds. The van der Waals surface area contributed by atoms with Crippen molar-refractivity contribution in [3.63, 3.8) is 0 Å². The van der Waals surface area contributed by atoms with Gasteiger partial charge in [-0.15, -0.1) is 90.7 Å². The predicted octanol–water partition coefficient (Wildman–Crippen LogP) is 26.1. The summed E-state index contributed by atoms with van der Waals surface area (Å²) in [5.74, 6) is 5.93. The number of pyridine rings is 4. The van der Waals surface area contributed by atoms with Crippen LogP contribution in [-0.2, 0) is 38.2 Å². The summed E-state index contributed by atoms with van der Waals surface area (Å²) in [6.07, 6.45) is 9.70. The van der Waals surface area contributed by atoms with Crippen LogP contribution >= 0.6 is 101 Å². The maximum atomic E-state index is 13.2. The molecule has 17 rings (SSSR count). The van der Waals surface area contributed by atoms with Gasteiger partial charge < -0.3 is 22.9 Å². The van der Waals surface area contributed by atoms with Crippen molar-refractivity contribution in [3.05, 3.63) is 252 Å². The lowest BCUT2D eigenvalue weighted by molar-refractivity contribution is 0.669. The van der Waals surface area contributed by atoms with Gasteiger partial charge in [-0.05, 0) is 139 Å². The van der Waals surface area contributed by atoms with Crippen LogP contribution in [0.5, 0.6) is 0 Å². The van der Waals surface area contributed by atoms with E-state index in [1.165, 1.54) is 57.3 Å². The lowest BCUT2D eigenvalue weighted by Crippen LogP contribution is -1.99. The van der Waals surface area contributed by atoms with Gasteiger partial charge in [0.25, 0.3) is 0 Å². The topological polar surface area (TPSA) is 207 Å². The fourth-order valence-corrected chi connectivity index (χ4v) is 25.8. The molecule has 0 radical (unpaired) electrons. The number of nitrogen functional groups attached to an aromatic ring is 4. The summed E-state index contributed by atoms with van der Waals surface area (Å²) in [6, 6.07) is 75.9. The van der Waals surface area contributed by atoms with Crippen LogP contribution in [0.25, 0.3) is 128 Å². The summed E-state index contributed by atoms with van der Waals surface area (Å²) in [6.45, 7) is 4.34. The Hall–Kier alpha value is -8.79. The monoisotopic (exact) mass is 1680 g/mol. The molecule has 8 N–H and O–H groups in total. The van der Waals surface area contributed by atoms with E-state index in [2.05, 4.69) is 157 Å². The van der Waals surface area contributed by atoms with Crippen LogP contribution in [0.15, 0.2) is 263 Å². The summed E-state index contributed by atoms with van der Waals surface area (Å²) in [5.41, 5.74) is 42.4. The molecule has 11 nitrogen and oxygen atoms in total. The van der Waals surface area contributed by atoms with E-state index in [1.54, 1.807) is 56.7 Å². The number of unbranched alkanes of at least 4 members (excludes halogenated alkanes) is 5. The molecule has 0 aliphatic rings. The second-order valence-corrected chi connectivity index (χ2v) is 40.9. The summed E-state index contributed by atoms with van der Waals surface area (Å²) >= 11 is 12.8. The van der Waals surface area contributed by atoms with Gasteiger partial charge in [0, 0.05) is 33.1 Å². The predicted molar refractivity (Wildman–Crippen MR) is 493 cm³/mol. The molecule has 0 saturated heterocycles. The Morgan fingerprint density at radius 2 is 0.604 bits per heavy atom. The van der Waals surface area contributed by atoms with Crippen molar-refractivity contribution in [2.75, 3.05) is 40.7 Å². The first-order valence-electron chi connectivity index (χ1n) is 36.2. The molecule has 0 aliphatic heterocycles. The Kier molecular flexibility index (Phi) is 26.5. The molecule has 0 saturated carbocycles. The number of fused-ring (bicyclic) bond motifs is 4. The fourth-order valence-electron chi connectivity index (χ4n) is 12.9. The summed E-state index contributed by atoms with van der Waals surface area (Å²) in [4.78, 5) is 27.6. The van der Waals surface area contributed by atoms with Crippen LogP contribution < -0.4 is 22.9 Å². The molecule has 4 atom stereocenters. The van der Waals surface area contributed by atoms with Crippen LogP contribution in [0.4, 0.5) is 22.7 Å². The Morgan fingerprint density at radius 3 is 0.892 bits per heavy atom. The Bertz CT molecular complexity index is 6070. The van der Waals surface area contributed by atoms with Crippen molar-refractivity contribution in [2.45, 2.75) is 81.4 Å². The van der Waals surface area contributed by atoms with Crippen LogP contribution in [0.2, 0.25) is 0 Å². The molecule has 12 heterocycles. The van der Waals surface area contributed by atoms with Gasteiger partial charge in [0.2, 0.25) is 0 Å². The van der Waals surface area contributed by atoms with E-state index >= 15 is 0 Å². The van der Waals surface area contributed by atoms with Crippen LogP contribution in [0.1, 0.15) is 64.4 Å². The number of hydrogen-bond acceptors (Lipinski definition) is 19. The van der Waals surface area contributed by atoms with Gasteiger partial charge in [-0.2, -0.15) is 10.5 Å². The number of benzene rings is 5. The van der Waals surface area contributed by atoms with E-state index in [9.17, 15) is 12.6 Å². The highest BCUT2D eigenvalue weighted by atomic mass is 32.2. The minimum atomic E-state index is -1.23. The highest BCUT2D eigenvalue weighted by Gasteiger charge is 2.26. The second-order valence-electron chi connectivity index (χ2n) is 26.0. The van der Waals surface area contributed by atoms with E-state index in [0.717, 1.165) is 173 Å². The summed E-state index contributed by atoms with van der Waals surface area (Å²) < 4.78 is 42.4. The minimum absolute atomic E-state index is 0.125. The van der Waals surface area contributed by atoms with Crippen molar-refractivity contribution < 1.29 is 12.6 Å². The van der Waals surface area contributed by atoms with Crippen LogP contribution in [0, 0.1) is 0 Å². The normalized spacial score (nSPS) is 12.4. The van der Waals surface area contributed by atoms with Crippen molar-refractivity contribution in [2.24, 2.45) is 0 Å². The van der Waals surface area contributed by atoms with Gasteiger partial charge in [-0.25, -0.2) is 19.9 Å². The number of thiophene rings is 8. The van der Waals surface area contributed by atoms with E-state index in [4.69, 9.17) is 42.9 Å². The first-order chi connectivity index (χ1) is 54.2. The number of hydrogen-bond donors (Lipinski definition) is 4. The zero-order chi connectivity index (χ0) is 76.9. The van der Waals surface area contributed by atoms with E-state index in [1.807, 2.05) is 115 Å². The van der Waals surface area contributed by atoms with Gasteiger partial charge in [0.15, 0.2) is 0 Å². The summed E-state index contributed by atoms with van der Waals surface area (Å²) in [5, 5.41) is 12.0. The van der Waals surface area contributed by atoms with E-state index in [0.29, 0.717) is 38.5 Å². The highest BCUT2D eigenvalue weighted by Crippen LogP contribution is 2.49. The molecule has 0 fully saturated rings. The zero-order valence-corrected chi connectivity index (χ0v) is 71.0. The lowest BCUT2D eigenvalue weighted by Gasteiger charge is -2.08. The largest absolute Gasteiger partial charge is 0.397 e. The number of aromatic nitrogens is 4. The van der Waals surface area contributed by atoms with Gasteiger partial charge in [-0.1, -0.05) is 228 Å². The molecule has 0 bridgehead atoms. The number of anilines is 4. The molecule has 0 spiro atoms. The highest BCUT2D eigenvalue weighted by molar-refractivity contribution is 8.15. The third-order valence-electron chi connectivity index (χ3n) is 18.3. The first-order valence-corrected chi connectivity index (χ1v) is 48.7. The molecule has 0 aliphatic carbocycles. The molecular weight excluding hydrogens is 1600 g/mol. The molecule has 12 aromatic heterocycles. The maximum absolute atomic E-state index is 13.2. The fraction of sp³-hybridized carbons (Fsp3) is 0.148. The zero-order valence-electron chi connectivity index (χ0n) is 61.2. The average molecular weight is 1680 g/mol. The molecule has 4 unspecified atom stereocenters. The van der Waals surface area contributed by atoms with Crippen molar-refractivity contribution in [1.82, 2.24) is 19.9 Å². The van der Waals surface area contributed by atoms with Gasteiger partial charge in [0.1, 0.15) is 31.9 Å². The van der Waals surface area contributed by atoms with Crippen molar-refractivity contribution >= 4 is 203 Å². The third-order valence-corrected chi connectivity index (χ3v) is 33.6. The Balaban J connectivity index is 0.000000123. The van der Waals surface area contributed by atoms with Gasteiger partial charge in [0.05, 0.1) is 107 Å². The Labute approximate surface area is 689 Å². The number of nitrogens with zero attached hydrogens (tertiary/aromatic N) is 4. The average Bonchev–Trinajstić information content (AvgIpc) is 1.64.